The molecule has 1 fully saturated rings. The van der Waals surface area contributed by atoms with Crippen LogP contribution in [0.1, 0.15) is 6.42 Å². The summed E-state index contributed by atoms with van der Waals surface area (Å²) in [7, 11) is 0. The highest BCUT2D eigenvalue weighted by molar-refractivity contribution is 5.57. The lowest BCUT2D eigenvalue weighted by Gasteiger charge is -2.41. The van der Waals surface area contributed by atoms with Crippen LogP contribution in [0.25, 0.3) is 17.0 Å². The molecule has 3 aromatic heterocycles. The molecule has 110 valence electrons. The third kappa shape index (κ3) is 1.74. The fraction of sp³-hybridized carbons (Fsp3) is 0.308. The molecule has 0 unspecified atom stereocenters. The second-order valence-corrected chi connectivity index (χ2v) is 5.34. The lowest BCUT2D eigenvalue weighted by Crippen LogP contribution is -2.60. The van der Waals surface area contributed by atoms with Gasteiger partial charge >= 0.3 is 0 Å². The van der Waals surface area contributed by atoms with E-state index in [0.29, 0.717) is 17.9 Å². The van der Waals surface area contributed by atoms with E-state index in [0.717, 1.165) is 18.7 Å². The summed E-state index contributed by atoms with van der Waals surface area (Å²) >= 11 is 0. The molecule has 0 amide bonds. The summed E-state index contributed by atoms with van der Waals surface area (Å²) in [4.78, 5) is 8.47. The monoisotopic (exact) mass is 295 g/mol. The maximum Gasteiger partial charge on any atom is 0.240 e. The van der Waals surface area contributed by atoms with Crippen molar-refractivity contribution in [2.75, 3.05) is 18.8 Å². The topological polar surface area (TPSA) is 123 Å². The van der Waals surface area contributed by atoms with Gasteiger partial charge in [-0.25, -0.2) is 4.98 Å². The molecule has 0 aromatic carbocycles. The average molecular weight is 295 g/mol. The Labute approximate surface area is 125 Å². The number of aromatic nitrogens is 6. The fourth-order valence-corrected chi connectivity index (χ4v) is 2.66. The van der Waals surface area contributed by atoms with E-state index < -0.39 is 0 Å². The van der Waals surface area contributed by atoms with Crippen molar-refractivity contribution in [1.29, 1.82) is 5.26 Å². The Bertz CT molecular complexity index is 880. The number of hydrogen-bond donors (Lipinski definition) is 2. The highest BCUT2D eigenvalue weighted by Gasteiger charge is 2.39. The van der Waals surface area contributed by atoms with Crippen molar-refractivity contribution in [2.45, 2.75) is 12.0 Å². The molecule has 0 radical (unpaired) electrons. The quantitative estimate of drug-likeness (QED) is 0.684. The SMILES string of the molecule is N#CCC1(n2cc(-c3nccc4nc(N)nn34)cn2)CNC1. The molecule has 1 saturated heterocycles. The first kappa shape index (κ1) is 12.7. The Hall–Kier alpha value is -2.99. The number of nitrogens with one attached hydrogen (secondary N) is 1. The number of nitrogens with two attached hydrogens (primary N) is 1. The second-order valence-electron chi connectivity index (χ2n) is 5.34. The second kappa shape index (κ2) is 4.51. The van der Waals surface area contributed by atoms with Gasteiger partial charge in [-0.05, 0) is 0 Å². The van der Waals surface area contributed by atoms with E-state index in [1.807, 2.05) is 10.9 Å². The zero-order valence-corrected chi connectivity index (χ0v) is 11.6. The van der Waals surface area contributed by atoms with Gasteiger partial charge in [-0.15, -0.1) is 5.10 Å². The standard InChI is InChI=1S/C13H13N9/c14-3-2-13(7-16-8-13)21-6-9(5-18-21)11-17-4-1-10-19-12(15)20-22(10)11/h1,4-6,16H,2,7-8H2,(H2,15,20). The van der Waals surface area contributed by atoms with Crippen molar-refractivity contribution >= 4 is 11.6 Å². The van der Waals surface area contributed by atoms with Crippen LogP contribution in [0.3, 0.4) is 0 Å². The van der Waals surface area contributed by atoms with E-state index in [1.54, 1.807) is 23.0 Å². The van der Waals surface area contributed by atoms with E-state index in [-0.39, 0.29) is 11.5 Å². The molecule has 22 heavy (non-hydrogen) atoms. The van der Waals surface area contributed by atoms with Gasteiger partial charge < -0.3 is 11.1 Å². The number of anilines is 1. The minimum atomic E-state index is -0.276. The van der Waals surface area contributed by atoms with Gasteiger partial charge in [-0.2, -0.15) is 19.9 Å². The van der Waals surface area contributed by atoms with Gasteiger partial charge in [0.25, 0.3) is 0 Å². The molecule has 4 heterocycles. The Kier molecular flexibility index (Phi) is 2.61. The molecule has 4 rings (SSSR count). The zero-order valence-electron chi connectivity index (χ0n) is 11.6. The molecule has 0 bridgehead atoms. The molecule has 3 N–H and O–H groups in total. The van der Waals surface area contributed by atoms with E-state index in [9.17, 15) is 0 Å². The highest BCUT2D eigenvalue weighted by Crippen LogP contribution is 2.27. The molecule has 9 nitrogen and oxygen atoms in total. The Morgan fingerprint density at radius 2 is 2.32 bits per heavy atom. The van der Waals surface area contributed by atoms with E-state index in [4.69, 9.17) is 11.0 Å². The summed E-state index contributed by atoms with van der Waals surface area (Å²) < 4.78 is 3.43. The summed E-state index contributed by atoms with van der Waals surface area (Å²) in [6, 6.07) is 3.97. The molecular weight excluding hydrogens is 282 g/mol. The molecule has 0 saturated carbocycles. The summed E-state index contributed by atoms with van der Waals surface area (Å²) in [5, 5.41) is 20.8. The summed E-state index contributed by atoms with van der Waals surface area (Å²) in [5.74, 6) is 0.818. The van der Waals surface area contributed by atoms with E-state index in [2.05, 4.69) is 31.6 Å². The van der Waals surface area contributed by atoms with Crippen LogP contribution in [0.2, 0.25) is 0 Å². The number of nitrogens with zero attached hydrogens (tertiary/aromatic N) is 7. The third-order valence-electron chi connectivity index (χ3n) is 3.91. The summed E-state index contributed by atoms with van der Waals surface area (Å²) in [6.45, 7) is 1.46. The van der Waals surface area contributed by atoms with Crippen LogP contribution in [0.4, 0.5) is 5.95 Å². The highest BCUT2D eigenvalue weighted by atomic mass is 15.4. The predicted octanol–water partition coefficient (Wildman–Crippen LogP) is -0.218. The largest absolute Gasteiger partial charge is 0.366 e. The Balaban J connectivity index is 1.79. The zero-order chi connectivity index (χ0) is 15.2. The third-order valence-corrected chi connectivity index (χ3v) is 3.91. The van der Waals surface area contributed by atoms with Crippen LogP contribution in [0, 0.1) is 11.3 Å². The van der Waals surface area contributed by atoms with Gasteiger partial charge in [0.1, 0.15) is 5.54 Å². The molecule has 1 aliphatic heterocycles. The van der Waals surface area contributed by atoms with Crippen LogP contribution in [-0.4, -0.2) is 42.5 Å². The van der Waals surface area contributed by atoms with Crippen molar-refractivity contribution in [3.8, 4) is 17.5 Å². The lowest BCUT2D eigenvalue weighted by molar-refractivity contribution is 0.160. The minimum Gasteiger partial charge on any atom is -0.366 e. The van der Waals surface area contributed by atoms with Crippen molar-refractivity contribution in [3.05, 3.63) is 24.7 Å². The molecule has 9 heteroatoms. The number of nitriles is 1. The number of hydrogen-bond acceptors (Lipinski definition) is 7. The fourth-order valence-electron chi connectivity index (χ4n) is 2.66. The van der Waals surface area contributed by atoms with Crippen molar-refractivity contribution in [1.82, 2.24) is 34.7 Å². The van der Waals surface area contributed by atoms with Crippen LogP contribution >= 0.6 is 0 Å². The van der Waals surface area contributed by atoms with Crippen LogP contribution in [-0.2, 0) is 5.54 Å². The molecule has 3 aromatic rings. The van der Waals surface area contributed by atoms with Gasteiger partial charge in [-0.3, -0.25) is 4.68 Å². The summed E-state index contributed by atoms with van der Waals surface area (Å²) in [6.07, 6.45) is 5.68. The van der Waals surface area contributed by atoms with Gasteiger partial charge in [-0.1, -0.05) is 0 Å². The average Bonchev–Trinajstić information content (AvgIpc) is 3.07. The van der Waals surface area contributed by atoms with Crippen molar-refractivity contribution in [3.63, 3.8) is 0 Å². The molecule has 0 atom stereocenters. The first-order valence-corrected chi connectivity index (χ1v) is 6.82. The van der Waals surface area contributed by atoms with Crippen LogP contribution < -0.4 is 11.1 Å². The molecular formula is C13H13N9. The molecule has 1 aliphatic rings. The minimum absolute atomic E-state index is 0.200. The number of nitrogen functional groups attached to an aromatic ring is 1. The Morgan fingerprint density at radius 1 is 1.45 bits per heavy atom. The van der Waals surface area contributed by atoms with E-state index in [1.165, 1.54) is 0 Å². The van der Waals surface area contributed by atoms with Crippen LogP contribution in [0.5, 0.6) is 0 Å². The number of fused-ring (bicyclic) bond motifs is 1. The van der Waals surface area contributed by atoms with Gasteiger partial charge in [0.2, 0.25) is 5.95 Å². The first-order chi connectivity index (χ1) is 10.7. The van der Waals surface area contributed by atoms with Gasteiger partial charge in [0.05, 0.1) is 24.3 Å². The molecule has 0 aliphatic carbocycles. The Morgan fingerprint density at radius 3 is 3.05 bits per heavy atom. The van der Waals surface area contributed by atoms with Gasteiger partial charge in [0.15, 0.2) is 11.5 Å². The molecule has 0 spiro atoms. The normalized spacial score (nSPS) is 16.3. The maximum absolute atomic E-state index is 9.03. The lowest BCUT2D eigenvalue weighted by atomic mass is 9.89. The smallest absolute Gasteiger partial charge is 0.240 e. The van der Waals surface area contributed by atoms with Gasteiger partial charge in [0, 0.05) is 31.5 Å². The van der Waals surface area contributed by atoms with Crippen molar-refractivity contribution < 1.29 is 0 Å². The number of rotatable bonds is 3. The van der Waals surface area contributed by atoms with E-state index >= 15 is 0 Å². The predicted molar refractivity (Wildman–Crippen MR) is 77.5 cm³/mol. The first-order valence-electron chi connectivity index (χ1n) is 6.82. The van der Waals surface area contributed by atoms with Crippen LogP contribution in [0.15, 0.2) is 24.7 Å². The van der Waals surface area contributed by atoms with Crippen molar-refractivity contribution in [2.24, 2.45) is 0 Å². The maximum atomic E-state index is 9.03. The summed E-state index contributed by atoms with van der Waals surface area (Å²) in [5.41, 5.74) is 6.81.